The smallest absolute Gasteiger partial charge is 0.307 e. The molecule has 3 atom stereocenters. The van der Waals surface area contributed by atoms with Crippen LogP contribution in [0.3, 0.4) is 0 Å². The van der Waals surface area contributed by atoms with Gasteiger partial charge in [0.2, 0.25) is 5.91 Å². The summed E-state index contributed by atoms with van der Waals surface area (Å²) >= 11 is 0. The van der Waals surface area contributed by atoms with Crippen LogP contribution in [0.25, 0.3) is 0 Å². The van der Waals surface area contributed by atoms with E-state index in [1.165, 1.54) is 0 Å². The molecular formula is C13H20N2O3. The van der Waals surface area contributed by atoms with E-state index in [2.05, 4.69) is 10.2 Å². The number of carbonyl (C=O) groups is 2. The minimum Gasteiger partial charge on any atom is -0.481 e. The topological polar surface area (TPSA) is 69.6 Å². The molecule has 0 radical (unpaired) electrons. The normalized spacial score (nSPS) is 32.4. The molecule has 2 N–H and O–H groups in total. The van der Waals surface area contributed by atoms with Gasteiger partial charge in [0.05, 0.1) is 11.8 Å². The predicted molar refractivity (Wildman–Crippen MR) is 67.0 cm³/mol. The molecule has 1 aliphatic heterocycles. The van der Waals surface area contributed by atoms with Crippen molar-refractivity contribution in [3.8, 4) is 0 Å². The minimum atomic E-state index is -0.872. The number of nitrogens with zero attached hydrogens (tertiary/aromatic N) is 1. The molecule has 5 nitrogen and oxygen atoms in total. The van der Waals surface area contributed by atoms with Gasteiger partial charge in [-0.2, -0.15) is 0 Å². The van der Waals surface area contributed by atoms with Crippen LogP contribution in [0.15, 0.2) is 12.2 Å². The number of hydrogen-bond acceptors (Lipinski definition) is 3. The molecule has 0 aromatic rings. The first kappa shape index (κ1) is 13.1. The molecule has 1 saturated heterocycles. The average molecular weight is 252 g/mol. The summed E-state index contributed by atoms with van der Waals surface area (Å²) in [6.45, 7) is 1.84. The van der Waals surface area contributed by atoms with Gasteiger partial charge in [-0.25, -0.2) is 0 Å². The van der Waals surface area contributed by atoms with Crippen LogP contribution in [0.5, 0.6) is 0 Å². The lowest BCUT2D eigenvalue weighted by Gasteiger charge is -2.25. The molecule has 18 heavy (non-hydrogen) atoms. The predicted octanol–water partition coefficient (Wildman–Crippen LogP) is 0.474. The number of likely N-dealkylation sites (N-methyl/N-ethyl adjacent to an activating group) is 1. The Labute approximate surface area is 107 Å². The van der Waals surface area contributed by atoms with Gasteiger partial charge in [-0.1, -0.05) is 12.2 Å². The number of carboxylic acids is 1. The summed E-state index contributed by atoms with van der Waals surface area (Å²) in [6, 6.07) is 0.169. The second kappa shape index (κ2) is 5.52. The Balaban J connectivity index is 1.94. The van der Waals surface area contributed by atoms with Gasteiger partial charge in [0.25, 0.3) is 0 Å². The molecule has 3 unspecified atom stereocenters. The Morgan fingerprint density at radius 3 is 2.50 bits per heavy atom. The van der Waals surface area contributed by atoms with E-state index in [0.29, 0.717) is 12.8 Å². The lowest BCUT2D eigenvalue weighted by molar-refractivity contribution is -0.147. The van der Waals surface area contributed by atoms with Crippen molar-refractivity contribution in [2.75, 3.05) is 20.1 Å². The highest BCUT2D eigenvalue weighted by Gasteiger charge is 2.35. The molecule has 0 spiro atoms. The third-order valence-electron chi connectivity index (χ3n) is 3.82. The van der Waals surface area contributed by atoms with E-state index in [4.69, 9.17) is 5.11 Å². The molecule has 2 rings (SSSR count). The van der Waals surface area contributed by atoms with Crippen molar-refractivity contribution in [2.45, 2.75) is 25.3 Å². The van der Waals surface area contributed by atoms with Crippen LogP contribution in [0.1, 0.15) is 19.3 Å². The van der Waals surface area contributed by atoms with Gasteiger partial charge in [-0.15, -0.1) is 0 Å². The quantitative estimate of drug-likeness (QED) is 0.717. The maximum Gasteiger partial charge on any atom is 0.307 e. The summed E-state index contributed by atoms with van der Waals surface area (Å²) in [5.41, 5.74) is 0. The first-order valence-electron chi connectivity index (χ1n) is 6.44. The summed E-state index contributed by atoms with van der Waals surface area (Å²) in [7, 11) is 2.02. The fraction of sp³-hybridized carbons (Fsp3) is 0.692. The highest BCUT2D eigenvalue weighted by atomic mass is 16.4. The van der Waals surface area contributed by atoms with Gasteiger partial charge in [-0.3, -0.25) is 9.59 Å². The SMILES string of the molecule is CN1CCC(NC(=O)C2CC=CCC2C(=O)O)C1. The monoisotopic (exact) mass is 252 g/mol. The lowest BCUT2D eigenvalue weighted by atomic mass is 9.82. The van der Waals surface area contributed by atoms with E-state index in [1.54, 1.807) is 0 Å². The summed E-state index contributed by atoms with van der Waals surface area (Å²) in [5, 5.41) is 12.1. The Bertz CT molecular complexity index is 367. The highest BCUT2D eigenvalue weighted by Crippen LogP contribution is 2.26. The maximum absolute atomic E-state index is 12.1. The van der Waals surface area contributed by atoms with Gasteiger partial charge in [0.1, 0.15) is 0 Å². The molecule has 0 saturated carbocycles. The van der Waals surface area contributed by atoms with Crippen LogP contribution in [0.2, 0.25) is 0 Å². The van der Waals surface area contributed by atoms with E-state index in [9.17, 15) is 9.59 Å². The number of amides is 1. The Kier molecular flexibility index (Phi) is 4.01. The number of carbonyl (C=O) groups excluding carboxylic acids is 1. The standard InChI is InChI=1S/C13H20N2O3/c1-15-7-6-9(8-15)14-12(16)10-4-2-3-5-11(10)13(17)18/h2-3,9-11H,4-8H2,1H3,(H,14,16)(H,17,18). The van der Waals surface area contributed by atoms with E-state index >= 15 is 0 Å². The van der Waals surface area contributed by atoms with E-state index < -0.39 is 17.8 Å². The van der Waals surface area contributed by atoms with Crippen LogP contribution in [-0.4, -0.2) is 48.1 Å². The molecule has 1 aliphatic carbocycles. The number of hydrogen-bond donors (Lipinski definition) is 2. The van der Waals surface area contributed by atoms with Crippen molar-refractivity contribution in [1.29, 1.82) is 0 Å². The molecule has 0 bridgehead atoms. The summed E-state index contributed by atoms with van der Waals surface area (Å²) < 4.78 is 0. The largest absolute Gasteiger partial charge is 0.481 e. The van der Waals surface area contributed by atoms with Crippen LogP contribution >= 0.6 is 0 Å². The van der Waals surface area contributed by atoms with Gasteiger partial charge in [0.15, 0.2) is 0 Å². The van der Waals surface area contributed by atoms with E-state index in [0.717, 1.165) is 19.5 Å². The van der Waals surface area contributed by atoms with E-state index in [1.807, 2.05) is 19.2 Å². The average Bonchev–Trinajstić information content (AvgIpc) is 2.74. The third kappa shape index (κ3) is 2.90. The maximum atomic E-state index is 12.1. The molecule has 100 valence electrons. The molecule has 1 amide bonds. The first-order chi connectivity index (χ1) is 8.58. The molecule has 5 heteroatoms. The molecule has 0 aromatic carbocycles. The number of rotatable bonds is 3. The third-order valence-corrected chi connectivity index (χ3v) is 3.82. The second-order valence-corrected chi connectivity index (χ2v) is 5.25. The second-order valence-electron chi connectivity index (χ2n) is 5.25. The van der Waals surface area contributed by atoms with Crippen molar-refractivity contribution in [2.24, 2.45) is 11.8 Å². The zero-order valence-electron chi connectivity index (χ0n) is 10.6. The summed E-state index contributed by atoms with van der Waals surface area (Å²) in [6.07, 6.45) is 5.70. The lowest BCUT2D eigenvalue weighted by Crippen LogP contribution is -2.44. The van der Waals surface area contributed by atoms with Crippen molar-refractivity contribution in [1.82, 2.24) is 10.2 Å². The van der Waals surface area contributed by atoms with Gasteiger partial charge in [-0.05, 0) is 32.9 Å². The number of likely N-dealkylation sites (tertiary alicyclic amines) is 1. The van der Waals surface area contributed by atoms with Gasteiger partial charge in [0, 0.05) is 12.6 Å². The van der Waals surface area contributed by atoms with Crippen LogP contribution in [-0.2, 0) is 9.59 Å². The zero-order chi connectivity index (χ0) is 13.1. The molecule has 0 aromatic heterocycles. The first-order valence-corrected chi connectivity index (χ1v) is 6.44. The van der Waals surface area contributed by atoms with Crippen LogP contribution in [0, 0.1) is 11.8 Å². The Morgan fingerprint density at radius 2 is 1.94 bits per heavy atom. The van der Waals surface area contributed by atoms with Gasteiger partial charge < -0.3 is 15.3 Å². The number of allylic oxidation sites excluding steroid dienone is 2. The number of nitrogens with one attached hydrogen (secondary N) is 1. The fourth-order valence-electron chi connectivity index (χ4n) is 2.74. The molecule has 1 fully saturated rings. The van der Waals surface area contributed by atoms with Crippen molar-refractivity contribution >= 4 is 11.9 Å². The minimum absolute atomic E-state index is 0.105. The van der Waals surface area contributed by atoms with Crippen molar-refractivity contribution < 1.29 is 14.7 Å². The summed E-state index contributed by atoms with van der Waals surface area (Å²) in [5.74, 6) is -1.97. The zero-order valence-corrected chi connectivity index (χ0v) is 10.6. The summed E-state index contributed by atoms with van der Waals surface area (Å²) in [4.78, 5) is 25.5. The number of aliphatic carboxylic acids is 1. The molecule has 1 heterocycles. The fourth-order valence-corrected chi connectivity index (χ4v) is 2.74. The van der Waals surface area contributed by atoms with Crippen molar-refractivity contribution in [3.63, 3.8) is 0 Å². The van der Waals surface area contributed by atoms with Crippen LogP contribution < -0.4 is 5.32 Å². The van der Waals surface area contributed by atoms with Crippen LogP contribution in [0.4, 0.5) is 0 Å². The molecule has 2 aliphatic rings. The van der Waals surface area contributed by atoms with Crippen molar-refractivity contribution in [3.05, 3.63) is 12.2 Å². The van der Waals surface area contributed by atoms with Gasteiger partial charge >= 0.3 is 5.97 Å². The number of carboxylic acid groups (broad SMARTS) is 1. The Morgan fingerprint density at radius 1 is 1.28 bits per heavy atom. The highest BCUT2D eigenvalue weighted by molar-refractivity contribution is 5.85. The molecular weight excluding hydrogens is 232 g/mol. The Hall–Kier alpha value is -1.36. The van der Waals surface area contributed by atoms with E-state index in [-0.39, 0.29) is 11.9 Å².